The number of rotatable bonds is 2. The molecule has 0 saturated heterocycles. The number of aryl methyl sites for hydroxylation is 3. The van der Waals surface area contributed by atoms with Gasteiger partial charge >= 0.3 is 0 Å². The highest BCUT2D eigenvalue weighted by atomic mass is 79.9. The normalized spacial score (nSPS) is 10.6. The van der Waals surface area contributed by atoms with Crippen LogP contribution in [-0.2, 0) is 0 Å². The lowest BCUT2D eigenvalue weighted by Crippen LogP contribution is -2.08. The molecule has 2 aromatic carbocycles. The van der Waals surface area contributed by atoms with Gasteiger partial charge in [-0.3, -0.25) is 4.79 Å². The third-order valence-electron chi connectivity index (χ3n) is 3.10. The van der Waals surface area contributed by atoms with Crippen molar-refractivity contribution in [3.63, 3.8) is 0 Å². The Morgan fingerprint density at radius 1 is 1.11 bits per heavy atom. The molecule has 0 aliphatic rings. The standard InChI is InChI=1S/C16H14BrFO/c1-9-7-11(3)14(13(18)8-9)16(19)12-6-4-5-10(2)15(12)17/h4-8H,1-3H3. The van der Waals surface area contributed by atoms with Crippen molar-refractivity contribution in [2.45, 2.75) is 20.8 Å². The van der Waals surface area contributed by atoms with Crippen molar-refractivity contribution >= 4 is 21.7 Å². The average molecular weight is 321 g/mol. The summed E-state index contributed by atoms with van der Waals surface area (Å²) in [4.78, 5) is 12.5. The first-order valence-corrected chi connectivity index (χ1v) is 6.77. The summed E-state index contributed by atoms with van der Waals surface area (Å²) in [6.45, 7) is 5.47. The van der Waals surface area contributed by atoms with E-state index in [0.29, 0.717) is 11.1 Å². The van der Waals surface area contributed by atoms with E-state index in [1.807, 2.05) is 26.0 Å². The van der Waals surface area contributed by atoms with Crippen LogP contribution in [0.25, 0.3) is 0 Å². The molecule has 98 valence electrons. The Kier molecular flexibility index (Phi) is 3.85. The number of hydrogen-bond donors (Lipinski definition) is 0. The van der Waals surface area contributed by atoms with Crippen LogP contribution in [0.15, 0.2) is 34.8 Å². The fourth-order valence-corrected chi connectivity index (χ4v) is 2.61. The maximum absolute atomic E-state index is 14.0. The van der Waals surface area contributed by atoms with E-state index in [4.69, 9.17) is 0 Å². The van der Waals surface area contributed by atoms with Crippen molar-refractivity contribution in [3.8, 4) is 0 Å². The van der Waals surface area contributed by atoms with Crippen LogP contribution in [0.2, 0.25) is 0 Å². The molecule has 0 unspecified atom stereocenters. The summed E-state index contributed by atoms with van der Waals surface area (Å²) in [5.41, 5.74) is 3.07. The van der Waals surface area contributed by atoms with Crippen LogP contribution in [0.4, 0.5) is 4.39 Å². The lowest BCUT2D eigenvalue weighted by atomic mass is 9.96. The largest absolute Gasteiger partial charge is 0.288 e. The molecule has 0 fully saturated rings. The summed E-state index contributed by atoms with van der Waals surface area (Å²) in [5.74, 6) is -0.749. The lowest BCUT2D eigenvalue weighted by Gasteiger charge is -2.10. The monoisotopic (exact) mass is 320 g/mol. The Morgan fingerprint density at radius 3 is 2.42 bits per heavy atom. The summed E-state index contributed by atoms with van der Waals surface area (Å²) in [6, 6.07) is 8.62. The molecule has 3 heteroatoms. The minimum absolute atomic E-state index is 0.150. The van der Waals surface area contributed by atoms with Crippen molar-refractivity contribution in [1.29, 1.82) is 0 Å². The SMILES string of the molecule is Cc1cc(C)c(C(=O)c2cccc(C)c2Br)c(F)c1. The zero-order chi connectivity index (χ0) is 14.2. The van der Waals surface area contributed by atoms with Crippen LogP contribution in [0, 0.1) is 26.6 Å². The second-order valence-corrected chi connectivity index (χ2v) is 5.50. The number of benzene rings is 2. The van der Waals surface area contributed by atoms with E-state index in [0.717, 1.165) is 15.6 Å². The van der Waals surface area contributed by atoms with Gasteiger partial charge in [-0.15, -0.1) is 0 Å². The van der Waals surface area contributed by atoms with E-state index in [-0.39, 0.29) is 11.3 Å². The van der Waals surface area contributed by atoms with Crippen molar-refractivity contribution in [1.82, 2.24) is 0 Å². The summed E-state index contributed by atoms with van der Waals surface area (Å²) in [6.07, 6.45) is 0. The predicted molar refractivity (Wildman–Crippen MR) is 78.2 cm³/mol. The predicted octanol–water partition coefficient (Wildman–Crippen LogP) is 4.74. The lowest BCUT2D eigenvalue weighted by molar-refractivity contribution is 0.103. The van der Waals surface area contributed by atoms with E-state index in [9.17, 15) is 9.18 Å². The van der Waals surface area contributed by atoms with Gasteiger partial charge in [0, 0.05) is 10.0 Å². The first-order chi connectivity index (χ1) is 8.91. The molecule has 2 aromatic rings. The van der Waals surface area contributed by atoms with Gasteiger partial charge in [0.1, 0.15) is 5.82 Å². The summed E-state index contributed by atoms with van der Waals surface area (Å²) in [5, 5.41) is 0. The zero-order valence-electron chi connectivity index (χ0n) is 11.1. The first-order valence-electron chi connectivity index (χ1n) is 5.98. The van der Waals surface area contributed by atoms with Crippen LogP contribution in [0.3, 0.4) is 0 Å². The number of halogens is 2. The summed E-state index contributed by atoms with van der Waals surface area (Å²) < 4.78 is 14.8. The number of ketones is 1. The van der Waals surface area contributed by atoms with Crippen LogP contribution < -0.4 is 0 Å². The van der Waals surface area contributed by atoms with Gasteiger partial charge < -0.3 is 0 Å². The van der Waals surface area contributed by atoms with Gasteiger partial charge in [0.15, 0.2) is 5.78 Å². The van der Waals surface area contributed by atoms with Gasteiger partial charge in [-0.05, 0) is 65.5 Å². The first kappa shape index (κ1) is 13.9. The zero-order valence-corrected chi connectivity index (χ0v) is 12.6. The molecule has 0 aliphatic heterocycles. The van der Waals surface area contributed by atoms with E-state index in [1.165, 1.54) is 6.07 Å². The molecule has 1 nitrogen and oxygen atoms in total. The molecule has 0 aromatic heterocycles. The average Bonchev–Trinajstić information content (AvgIpc) is 2.31. The van der Waals surface area contributed by atoms with Crippen molar-refractivity contribution in [2.24, 2.45) is 0 Å². The second-order valence-electron chi connectivity index (χ2n) is 4.70. The van der Waals surface area contributed by atoms with Crippen molar-refractivity contribution in [3.05, 3.63) is 68.4 Å². The van der Waals surface area contributed by atoms with Crippen LogP contribution in [-0.4, -0.2) is 5.78 Å². The number of carbonyl (C=O) groups is 1. The molecule has 0 N–H and O–H groups in total. The van der Waals surface area contributed by atoms with E-state index in [2.05, 4.69) is 15.9 Å². The van der Waals surface area contributed by atoms with Crippen molar-refractivity contribution < 1.29 is 9.18 Å². The fraction of sp³-hybridized carbons (Fsp3) is 0.188. The molecule has 19 heavy (non-hydrogen) atoms. The minimum atomic E-state index is -0.462. The number of carbonyl (C=O) groups excluding carboxylic acids is 1. The molecular formula is C16H14BrFO. The second kappa shape index (κ2) is 5.25. The quantitative estimate of drug-likeness (QED) is 0.730. The van der Waals surface area contributed by atoms with Gasteiger partial charge in [0.05, 0.1) is 5.56 Å². The summed E-state index contributed by atoms with van der Waals surface area (Å²) in [7, 11) is 0. The van der Waals surface area contributed by atoms with E-state index < -0.39 is 5.82 Å². The third kappa shape index (κ3) is 2.61. The topological polar surface area (TPSA) is 17.1 Å². The molecule has 0 bridgehead atoms. The molecule has 0 saturated carbocycles. The Bertz CT molecular complexity index is 639. The van der Waals surface area contributed by atoms with Gasteiger partial charge in [-0.1, -0.05) is 18.2 Å². The molecule has 2 rings (SSSR count). The van der Waals surface area contributed by atoms with E-state index >= 15 is 0 Å². The highest BCUT2D eigenvalue weighted by Gasteiger charge is 2.19. The number of hydrogen-bond acceptors (Lipinski definition) is 1. The smallest absolute Gasteiger partial charge is 0.197 e. The minimum Gasteiger partial charge on any atom is -0.288 e. The maximum Gasteiger partial charge on any atom is 0.197 e. The van der Waals surface area contributed by atoms with Crippen molar-refractivity contribution in [2.75, 3.05) is 0 Å². The van der Waals surface area contributed by atoms with Gasteiger partial charge in [-0.2, -0.15) is 0 Å². The molecule has 0 radical (unpaired) electrons. The molecule has 0 aliphatic carbocycles. The maximum atomic E-state index is 14.0. The van der Waals surface area contributed by atoms with E-state index in [1.54, 1.807) is 19.1 Å². The molecular weight excluding hydrogens is 307 g/mol. The van der Waals surface area contributed by atoms with Gasteiger partial charge in [0.25, 0.3) is 0 Å². The van der Waals surface area contributed by atoms with Gasteiger partial charge in [-0.25, -0.2) is 4.39 Å². The Labute approximate surface area is 120 Å². The van der Waals surface area contributed by atoms with Crippen LogP contribution >= 0.6 is 15.9 Å². The van der Waals surface area contributed by atoms with Gasteiger partial charge in [0.2, 0.25) is 0 Å². The Balaban J connectivity index is 2.60. The summed E-state index contributed by atoms with van der Waals surface area (Å²) >= 11 is 3.40. The Hall–Kier alpha value is -1.48. The van der Waals surface area contributed by atoms with Crippen LogP contribution in [0.1, 0.15) is 32.6 Å². The highest BCUT2D eigenvalue weighted by molar-refractivity contribution is 9.10. The molecule has 0 heterocycles. The Morgan fingerprint density at radius 2 is 1.79 bits per heavy atom. The third-order valence-corrected chi connectivity index (χ3v) is 4.15. The molecule has 0 amide bonds. The molecule has 0 spiro atoms. The van der Waals surface area contributed by atoms with Crippen LogP contribution in [0.5, 0.6) is 0 Å². The fourth-order valence-electron chi connectivity index (χ4n) is 2.16. The molecule has 0 atom stereocenters. The highest BCUT2D eigenvalue weighted by Crippen LogP contribution is 2.26.